The number of fused-ring (bicyclic) bond motifs is 10. The number of allylic oxidation sites excluding steroid dienone is 4. The maximum absolute atomic E-state index is 2.73. The fraction of sp³-hybridized carbons (Fsp3) is 0.156. The van der Waals surface area contributed by atoms with Crippen LogP contribution >= 0.6 is 0 Å². The quantitative estimate of drug-likeness (QED) is 0.167. The average Bonchev–Trinajstić information content (AvgIpc) is 3.88. The smallest absolute Gasteiger partial charge is 0.0582 e. The number of hydrogen-bond acceptors (Lipinski definition) is 0. The molecular weight excluding hydrogens is 797 g/mol. The van der Waals surface area contributed by atoms with Gasteiger partial charge in [-0.05, 0) is 168 Å². The van der Waals surface area contributed by atoms with Crippen molar-refractivity contribution in [2.45, 2.75) is 63.8 Å². The second-order valence-corrected chi connectivity index (χ2v) is 19.7. The summed E-state index contributed by atoms with van der Waals surface area (Å²) in [6.45, 7) is 10.1. The van der Waals surface area contributed by atoms with Crippen LogP contribution in [-0.2, 0) is 0 Å². The molecule has 0 N–H and O–H groups in total. The fourth-order valence-corrected chi connectivity index (χ4v) is 12.7. The number of hydrogen-bond donors (Lipinski definition) is 0. The Hall–Kier alpha value is -7.42. The lowest BCUT2D eigenvalue weighted by molar-refractivity contribution is 0.580. The number of benzene rings is 9. The van der Waals surface area contributed by atoms with Crippen LogP contribution in [0.25, 0.3) is 104 Å². The minimum Gasteiger partial charge on any atom is -0.333 e. The molecule has 66 heavy (non-hydrogen) atoms. The van der Waals surface area contributed by atoms with E-state index in [0.717, 1.165) is 6.42 Å². The third kappa shape index (κ3) is 5.24. The molecule has 316 valence electrons. The van der Waals surface area contributed by atoms with Gasteiger partial charge in [0.15, 0.2) is 0 Å². The molecule has 2 aromatic heterocycles. The second kappa shape index (κ2) is 14.0. The van der Waals surface area contributed by atoms with E-state index in [-0.39, 0.29) is 6.04 Å². The van der Waals surface area contributed by atoms with Gasteiger partial charge in [0, 0.05) is 32.7 Å². The van der Waals surface area contributed by atoms with Gasteiger partial charge >= 0.3 is 0 Å². The molecule has 0 saturated heterocycles. The van der Waals surface area contributed by atoms with E-state index in [4.69, 9.17) is 0 Å². The minimum atomic E-state index is 0.235. The molecule has 0 saturated carbocycles. The molecule has 3 aliphatic carbocycles. The monoisotopic (exact) mass is 846 g/mol. The van der Waals surface area contributed by atoms with Crippen molar-refractivity contribution >= 4 is 65.2 Å². The van der Waals surface area contributed by atoms with E-state index >= 15 is 0 Å². The van der Waals surface area contributed by atoms with E-state index < -0.39 is 0 Å². The van der Waals surface area contributed by atoms with Crippen molar-refractivity contribution in [2.24, 2.45) is 0 Å². The Labute approximate surface area is 385 Å². The molecule has 0 radical (unpaired) electrons. The zero-order valence-corrected chi connectivity index (χ0v) is 37.9. The van der Waals surface area contributed by atoms with Crippen molar-refractivity contribution in [3.8, 4) is 39.1 Å². The Morgan fingerprint density at radius 2 is 0.909 bits per heavy atom. The molecule has 14 rings (SSSR count). The van der Waals surface area contributed by atoms with Crippen LogP contribution in [0.4, 0.5) is 0 Å². The van der Waals surface area contributed by atoms with Gasteiger partial charge in [-0.2, -0.15) is 0 Å². The lowest BCUT2D eigenvalue weighted by Gasteiger charge is -2.42. The SMILES string of the molecule is CC1c2cc3c4cc(-c5ccc6ccccc6c5)ccc4n(C4C=CC=CC4)c3c3c2-c2c(cc4c5cc(-c6ccc7ccccc7c6)ccc5n(-c5ccccc5)c4c2C1C)C(C)C3C. The molecule has 0 spiro atoms. The Bertz CT molecular complexity index is 3930. The highest BCUT2D eigenvalue weighted by Crippen LogP contribution is 2.61. The summed E-state index contributed by atoms with van der Waals surface area (Å²) in [4.78, 5) is 0. The van der Waals surface area contributed by atoms with Gasteiger partial charge in [0.25, 0.3) is 0 Å². The van der Waals surface area contributed by atoms with E-state index in [1.54, 1.807) is 0 Å². The van der Waals surface area contributed by atoms with Crippen LogP contribution in [0.1, 0.15) is 86.1 Å². The predicted octanol–water partition coefficient (Wildman–Crippen LogP) is 17.7. The van der Waals surface area contributed by atoms with Gasteiger partial charge < -0.3 is 9.13 Å². The zero-order valence-electron chi connectivity index (χ0n) is 37.9. The van der Waals surface area contributed by atoms with Crippen molar-refractivity contribution in [1.82, 2.24) is 9.13 Å². The maximum Gasteiger partial charge on any atom is 0.0582 e. The number of rotatable bonds is 4. The van der Waals surface area contributed by atoms with E-state index in [0.29, 0.717) is 23.7 Å². The van der Waals surface area contributed by atoms with Crippen LogP contribution in [0.3, 0.4) is 0 Å². The first-order valence-corrected chi connectivity index (χ1v) is 24.1. The summed E-state index contributed by atoms with van der Waals surface area (Å²) in [6.07, 6.45) is 10.2. The average molecular weight is 847 g/mol. The van der Waals surface area contributed by atoms with Gasteiger partial charge in [-0.3, -0.25) is 0 Å². The molecule has 11 aromatic rings. The molecule has 0 amide bonds. The summed E-state index contributed by atoms with van der Waals surface area (Å²) in [7, 11) is 0. The Morgan fingerprint density at radius 3 is 1.50 bits per heavy atom. The lowest BCUT2D eigenvalue weighted by atomic mass is 9.62. The highest BCUT2D eigenvalue weighted by molar-refractivity contribution is 6.17. The van der Waals surface area contributed by atoms with Crippen molar-refractivity contribution in [1.29, 1.82) is 0 Å². The molecule has 0 fully saturated rings. The number of para-hydroxylation sites is 1. The van der Waals surface area contributed by atoms with Gasteiger partial charge in [-0.1, -0.05) is 155 Å². The lowest BCUT2D eigenvalue weighted by Crippen LogP contribution is -2.24. The Balaban J connectivity index is 1.07. The van der Waals surface area contributed by atoms with Gasteiger partial charge in [0.2, 0.25) is 0 Å². The normalized spacial score (nSPS) is 19.8. The largest absolute Gasteiger partial charge is 0.333 e. The molecule has 3 aliphatic rings. The first kappa shape index (κ1) is 37.9. The molecule has 5 atom stereocenters. The third-order valence-corrected chi connectivity index (χ3v) is 16.4. The van der Waals surface area contributed by atoms with Gasteiger partial charge in [0.05, 0.1) is 22.6 Å². The number of nitrogens with zero attached hydrogens (tertiary/aromatic N) is 2. The molecule has 5 unspecified atom stereocenters. The summed E-state index contributed by atoms with van der Waals surface area (Å²) in [5.41, 5.74) is 20.7. The summed E-state index contributed by atoms with van der Waals surface area (Å²) in [5.74, 6) is 1.22. The summed E-state index contributed by atoms with van der Waals surface area (Å²) >= 11 is 0. The zero-order chi connectivity index (χ0) is 43.9. The maximum atomic E-state index is 2.73. The van der Waals surface area contributed by atoms with Crippen molar-refractivity contribution in [3.63, 3.8) is 0 Å². The Morgan fingerprint density at radius 1 is 0.409 bits per heavy atom. The van der Waals surface area contributed by atoms with Crippen LogP contribution in [0.2, 0.25) is 0 Å². The minimum absolute atomic E-state index is 0.235. The van der Waals surface area contributed by atoms with E-state index in [2.05, 4.69) is 225 Å². The summed E-state index contributed by atoms with van der Waals surface area (Å²) in [5, 5.41) is 10.5. The molecule has 9 aromatic carbocycles. The van der Waals surface area contributed by atoms with Crippen LogP contribution in [-0.4, -0.2) is 9.13 Å². The van der Waals surface area contributed by atoms with Crippen molar-refractivity contribution < 1.29 is 0 Å². The van der Waals surface area contributed by atoms with Gasteiger partial charge in [0.1, 0.15) is 0 Å². The molecule has 2 nitrogen and oxygen atoms in total. The van der Waals surface area contributed by atoms with E-state index in [1.807, 2.05) is 0 Å². The van der Waals surface area contributed by atoms with Crippen LogP contribution < -0.4 is 0 Å². The van der Waals surface area contributed by atoms with Crippen LogP contribution in [0, 0.1) is 0 Å². The molecule has 0 aliphatic heterocycles. The highest BCUT2D eigenvalue weighted by atomic mass is 15.0. The standard InChI is InChI=1S/C64H50N2/c1-37-39(3)59-62-52(36-56-54-34-48(46-26-24-42-16-12-14-18-44(42)32-46)28-30-58(54)65(63(56)59)49-19-7-5-8-20-49)38(2)40(4)60-61(62)51(37)35-55-53-33-47(45-25-23-41-15-11-13-17-43(41)31-45)27-29-57(53)66(64(55)60)50-21-9-6-10-22-50/h5-21,23-40,50H,22H2,1-4H3. The van der Waals surface area contributed by atoms with E-state index in [9.17, 15) is 0 Å². The third-order valence-electron chi connectivity index (χ3n) is 16.4. The highest BCUT2D eigenvalue weighted by Gasteiger charge is 2.42. The topological polar surface area (TPSA) is 9.86 Å². The van der Waals surface area contributed by atoms with Gasteiger partial charge in [-0.15, -0.1) is 0 Å². The second-order valence-electron chi connectivity index (χ2n) is 19.7. The first-order valence-electron chi connectivity index (χ1n) is 24.1. The van der Waals surface area contributed by atoms with Crippen LogP contribution in [0.15, 0.2) is 188 Å². The fourth-order valence-electron chi connectivity index (χ4n) is 12.7. The van der Waals surface area contributed by atoms with Crippen molar-refractivity contribution in [2.75, 3.05) is 0 Å². The van der Waals surface area contributed by atoms with Crippen LogP contribution in [0.5, 0.6) is 0 Å². The first-order chi connectivity index (χ1) is 32.4. The summed E-state index contributed by atoms with van der Waals surface area (Å²) in [6, 6.07) is 62.4. The van der Waals surface area contributed by atoms with Gasteiger partial charge in [-0.25, -0.2) is 0 Å². The molecule has 2 heterocycles. The Kier molecular flexibility index (Phi) is 8.06. The summed E-state index contributed by atoms with van der Waals surface area (Å²) < 4.78 is 5.33. The predicted molar refractivity (Wildman–Crippen MR) is 281 cm³/mol. The molecule has 2 heteroatoms. The molecule has 0 bridgehead atoms. The molecular formula is C64H50N2. The van der Waals surface area contributed by atoms with E-state index in [1.165, 1.54) is 126 Å². The number of aromatic nitrogens is 2. The van der Waals surface area contributed by atoms with Crippen molar-refractivity contribution in [3.05, 3.63) is 210 Å².